The molecule has 4 amide bonds. The maximum Gasteiger partial charge on any atom is 0.326 e. The number of hydrogen-bond donors (Lipinski definition) is 5. The Morgan fingerprint density at radius 3 is 2.33 bits per heavy atom. The molecule has 1 heterocycles. The average molecular weight is 550 g/mol. The van der Waals surface area contributed by atoms with Crippen LogP contribution in [0.4, 0.5) is 11.4 Å². The quantitative estimate of drug-likeness (QED) is 0.181. The third kappa shape index (κ3) is 8.21. The van der Waals surface area contributed by atoms with E-state index in [4.69, 9.17) is 5.11 Å². The zero-order valence-corrected chi connectivity index (χ0v) is 21.6. The lowest BCUT2D eigenvalue weighted by atomic mass is 10.0. The van der Waals surface area contributed by atoms with Gasteiger partial charge in [-0.25, -0.2) is 4.79 Å². The van der Waals surface area contributed by atoms with Crippen molar-refractivity contribution in [3.05, 3.63) is 33.9 Å². The van der Waals surface area contributed by atoms with Crippen LogP contribution >= 0.6 is 0 Å². The molecule has 1 aliphatic heterocycles. The number of aliphatic carboxylic acids is 2. The second-order valence-corrected chi connectivity index (χ2v) is 9.39. The first kappa shape index (κ1) is 30.7. The lowest BCUT2D eigenvalue weighted by molar-refractivity contribution is -0.383. The fourth-order valence-corrected chi connectivity index (χ4v) is 4.14. The van der Waals surface area contributed by atoms with E-state index in [-0.39, 0.29) is 30.6 Å². The summed E-state index contributed by atoms with van der Waals surface area (Å²) in [6.07, 6.45) is -0.104. The van der Waals surface area contributed by atoms with Crippen LogP contribution in [0.15, 0.2) is 18.2 Å². The molecule has 0 spiro atoms. The third-order valence-corrected chi connectivity index (χ3v) is 6.08. The lowest BCUT2D eigenvalue weighted by Gasteiger charge is -2.28. The van der Waals surface area contributed by atoms with Crippen molar-refractivity contribution in [2.24, 2.45) is 5.92 Å². The summed E-state index contributed by atoms with van der Waals surface area (Å²) in [7, 11) is 0. The van der Waals surface area contributed by atoms with Crippen LogP contribution in [0.25, 0.3) is 0 Å². The molecule has 0 saturated carbocycles. The number of hydrogen-bond acceptors (Lipinski definition) is 8. The van der Waals surface area contributed by atoms with Gasteiger partial charge in [0, 0.05) is 31.5 Å². The minimum Gasteiger partial charge on any atom is -0.481 e. The summed E-state index contributed by atoms with van der Waals surface area (Å²) in [5, 5.41) is 36.6. The molecule has 0 aliphatic carbocycles. The Morgan fingerprint density at radius 2 is 1.79 bits per heavy atom. The van der Waals surface area contributed by atoms with E-state index < -0.39 is 76.6 Å². The van der Waals surface area contributed by atoms with E-state index in [1.165, 1.54) is 11.0 Å². The van der Waals surface area contributed by atoms with E-state index in [2.05, 4.69) is 16.0 Å². The minimum absolute atomic E-state index is 0.00457. The number of rotatable bonds is 12. The van der Waals surface area contributed by atoms with Gasteiger partial charge >= 0.3 is 11.9 Å². The molecule has 0 unspecified atom stereocenters. The number of carboxylic acids is 2. The predicted molar refractivity (Wildman–Crippen MR) is 135 cm³/mol. The van der Waals surface area contributed by atoms with Crippen LogP contribution in [0.5, 0.6) is 0 Å². The molecular formula is C24H31N5O10. The summed E-state index contributed by atoms with van der Waals surface area (Å²) in [5.41, 5.74) is -0.581. The van der Waals surface area contributed by atoms with Crippen molar-refractivity contribution >= 4 is 46.9 Å². The van der Waals surface area contributed by atoms with Crippen LogP contribution in [0.2, 0.25) is 0 Å². The van der Waals surface area contributed by atoms with E-state index >= 15 is 0 Å². The Balaban J connectivity index is 2.21. The molecule has 1 fully saturated rings. The van der Waals surface area contributed by atoms with E-state index in [0.717, 1.165) is 19.1 Å². The highest BCUT2D eigenvalue weighted by Gasteiger charge is 2.38. The van der Waals surface area contributed by atoms with Gasteiger partial charge < -0.3 is 31.1 Å². The third-order valence-electron chi connectivity index (χ3n) is 6.08. The van der Waals surface area contributed by atoms with Crippen LogP contribution in [-0.2, 0) is 24.0 Å². The lowest BCUT2D eigenvalue weighted by Crippen LogP contribution is -2.57. The molecule has 212 valence electrons. The molecule has 39 heavy (non-hydrogen) atoms. The van der Waals surface area contributed by atoms with Gasteiger partial charge in [-0.3, -0.25) is 34.1 Å². The molecule has 15 nitrogen and oxygen atoms in total. The fourth-order valence-electron chi connectivity index (χ4n) is 4.14. The highest BCUT2D eigenvalue weighted by molar-refractivity contribution is 6.01. The zero-order chi connectivity index (χ0) is 29.4. The maximum absolute atomic E-state index is 13.3. The normalized spacial score (nSPS) is 16.2. The maximum atomic E-state index is 13.3. The number of carbonyl (C=O) groups is 6. The van der Waals surface area contributed by atoms with Crippen molar-refractivity contribution in [2.45, 2.75) is 64.6 Å². The van der Waals surface area contributed by atoms with E-state index in [1.807, 2.05) is 0 Å². The number of likely N-dealkylation sites (tertiary alicyclic amines) is 1. The predicted octanol–water partition coefficient (Wildman–Crippen LogP) is 0.733. The average Bonchev–Trinajstić information content (AvgIpc) is 3.33. The van der Waals surface area contributed by atoms with Gasteiger partial charge in [0.05, 0.1) is 4.92 Å². The van der Waals surface area contributed by atoms with Crippen LogP contribution in [0.3, 0.4) is 0 Å². The Labute approximate surface area is 223 Å². The number of nitro benzene ring substituents is 1. The van der Waals surface area contributed by atoms with Crippen molar-refractivity contribution < 1.29 is 43.9 Å². The number of anilines is 1. The molecule has 5 N–H and O–H groups in total. The summed E-state index contributed by atoms with van der Waals surface area (Å²) < 4.78 is 0. The number of carbonyl (C=O) groups excluding carboxylic acids is 4. The second-order valence-electron chi connectivity index (χ2n) is 9.39. The molecule has 1 aromatic rings. The molecule has 0 bridgehead atoms. The van der Waals surface area contributed by atoms with Gasteiger partial charge in [0.25, 0.3) is 11.6 Å². The van der Waals surface area contributed by atoms with Crippen molar-refractivity contribution in [1.82, 2.24) is 15.5 Å². The number of amides is 4. The van der Waals surface area contributed by atoms with Gasteiger partial charge in [0.2, 0.25) is 17.7 Å². The molecule has 1 saturated heterocycles. The van der Waals surface area contributed by atoms with Crippen LogP contribution in [-0.4, -0.2) is 80.3 Å². The number of nitrogens with zero attached hydrogens (tertiary/aromatic N) is 2. The van der Waals surface area contributed by atoms with E-state index in [0.29, 0.717) is 6.42 Å². The summed E-state index contributed by atoms with van der Waals surface area (Å²) in [4.78, 5) is 84.8. The zero-order valence-electron chi connectivity index (χ0n) is 21.6. The Kier molecular flexibility index (Phi) is 10.5. The molecule has 2 rings (SSSR count). The Hall–Kier alpha value is -4.56. The number of benzene rings is 1. The standard InChI is InChI=1S/C24H31N5O10/c1-12(2)20(22(34)26-15(24(36)37)7-9-19(31)32)27-21(33)18-5-4-10-28(18)23(35)14-6-8-17(29(38)39)16(11-14)25-13(3)30/h6,8,11-12,15,18,20H,4-5,7,9-10H2,1-3H3,(H,25,30)(H,26,34)(H,27,33)(H,31,32)(H,36,37)/t15-,18-,20+/m0/s1. The van der Waals surface area contributed by atoms with Crippen molar-refractivity contribution in [3.63, 3.8) is 0 Å². The van der Waals surface area contributed by atoms with Gasteiger partial charge in [-0.2, -0.15) is 0 Å². The number of nitrogens with one attached hydrogen (secondary N) is 3. The summed E-state index contributed by atoms with van der Waals surface area (Å²) >= 11 is 0. The first-order chi connectivity index (χ1) is 18.2. The molecule has 0 aromatic heterocycles. The van der Waals surface area contributed by atoms with Gasteiger partial charge in [0.15, 0.2) is 0 Å². The summed E-state index contributed by atoms with van der Waals surface area (Å²) in [6, 6.07) is -0.182. The van der Waals surface area contributed by atoms with Gasteiger partial charge in [-0.05, 0) is 37.3 Å². The first-order valence-corrected chi connectivity index (χ1v) is 12.1. The second kappa shape index (κ2) is 13.3. The fraction of sp³-hybridized carbons (Fsp3) is 0.500. The monoisotopic (exact) mass is 549 g/mol. The molecule has 1 aliphatic rings. The molecule has 0 radical (unpaired) electrons. The van der Waals surface area contributed by atoms with Crippen molar-refractivity contribution in [1.29, 1.82) is 0 Å². The molecule has 1 aromatic carbocycles. The Bertz CT molecular complexity index is 1170. The highest BCUT2D eigenvalue weighted by atomic mass is 16.6. The van der Waals surface area contributed by atoms with Crippen LogP contribution < -0.4 is 16.0 Å². The van der Waals surface area contributed by atoms with Gasteiger partial charge in [0.1, 0.15) is 23.8 Å². The van der Waals surface area contributed by atoms with Crippen LogP contribution in [0, 0.1) is 16.0 Å². The Morgan fingerprint density at radius 1 is 1.13 bits per heavy atom. The molecule has 3 atom stereocenters. The number of nitro groups is 1. The topological polar surface area (TPSA) is 225 Å². The van der Waals surface area contributed by atoms with Crippen molar-refractivity contribution in [2.75, 3.05) is 11.9 Å². The minimum atomic E-state index is -1.48. The van der Waals surface area contributed by atoms with Crippen molar-refractivity contribution in [3.8, 4) is 0 Å². The molecular weight excluding hydrogens is 518 g/mol. The smallest absolute Gasteiger partial charge is 0.326 e. The first-order valence-electron chi connectivity index (χ1n) is 12.1. The van der Waals surface area contributed by atoms with Crippen LogP contribution in [0.1, 0.15) is 56.8 Å². The summed E-state index contributed by atoms with van der Waals surface area (Å²) in [5.74, 6) is -5.80. The summed E-state index contributed by atoms with van der Waals surface area (Å²) in [6.45, 7) is 4.59. The van der Waals surface area contributed by atoms with Gasteiger partial charge in [-0.15, -0.1) is 0 Å². The number of carboxylic acid groups (broad SMARTS) is 2. The molecule has 15 heteroatoms. The largest absolute Gasteiger partial charge is 0.481 e. The van der Waals surface area contributed by atoms with Gasteiger partial charge in [-0.1, -0.05) is 13.8 Å². The SMILES string of the molecule is CC(=O)Nc1cc(C(=O)N2CCC[C@H]2C(=O)N[C@@H](C(=O)N[C@@H](CCC(=O)O)C(=O)O)C(C)C)ccc1[N+](=O)[O-]. The van der Waals surface area contributed by atoms with E-state index in [1.54, 1.807) is 13.8 Å². The highest BCUT2D eigenvalue weighted by Crippen LogP contribution is 2.28. The van der Waals surface area contributed by atoms with E-state index in [9.17, 15) is 44.0 Å².